The number of hydrogen-bond donors (Lipinski definition) is 0. The Kier molecular flexibility index (Phi) is 8.75. The highest BCUT2D eigenvalue weighted by Gasteiger charge is 2.14. The van der Waals surface area contributed by atoms with Gasteiger partial charge >= 0.3 is 0 Å². The summed E-state index contributed by atoms with van der Waals surface area (Å²) < 4.78 is 13.4. The van der Waals surface area contributed by atoms with Gasteiger partial charge in [-0.1, -0.05) is 53.0 Å². The van der Waals surface area contributed by atoms with Crippen LogP contribution in [-0.2, 0) is 13.0 Å². The molecule has 0 saturated carbocycles. The summed E-state index contributed by atoms with van der Waals surface area (Å²) in [4.78, 5) is 28.5. The average Bonchev–Trinajstić information content (AvgIpc) is 2.91. The van der Waals surface area contributed by atoms with Crippen LogP contribution < -0.4 is 15.0 Å². The number of fused-ring (bicyclic) bond motifs is 1. The van der Waals surface area contributed by atoms with Crippen molar-refractivity contribution in [2.45, 2.75) is 32.8 Å². The second kappa shape index (κ2) is 12.2. The number of nitrogens with zero attached hydrogens (tertiary/aromatic N) is 4. The predicted octanol–water partition coefficient (Wildman–Crippen LogP) is 6.53. The number of methoxy groups -OCH3 is 1. The topological polar surface area (TPSA) is 109 Å². The molecule has 0 unspecified atom stereocenters. The number of unbranched alkanes of at least 4 members (excludes halogenated alkanes) is 1. The molecule has 0 fully saturated rings. The third-order valence-electron chi connectivity index (χ3n) is 5.71. The third-order valence-corrected chi connectivity index (χ3v) is 6.48. The van der Waals surface area contributed by atoms with Crippen LogP contribution in [0.5, 0.6) is 11.5 Å². The Balaban J connectivity index is 1.65. The van der Waals surface area contributed by atoms with Crippen molar-refractivity contribution in [1.29, 1.82) is 0 Å². The first kappa shape index (κ1) is 27.3. The summed E-state index contributed by atoms with van der Waals surface area (Å²) in [6.45, 7) is 2.13. The van der Waals surface area contributed by atoms with Gasteiger partial charge in [0.05, 0.1) is 34.2 Å². The number of hydrogen-bond acceptors (Lipinski definition) is 7. The molecule has 0 amide bonds. The lowest BCUT2D eigenvalue weighted by molar-refractivity contribution is -0.384. The van der Waals surface area contributed by atoms with E-state index in [9.17, 15) is 14.9 Å². The summed E-state index contributed by atoms with van der Waals surface area (Å²) in [5, 5.41) is 16.2. The first-order valence-electron chi connectivity index (χ1n) is 11.8. The van der Waals surface area contributed by atoms with E-state index >= 15 is 0 Å². The second-order valence-electron chi connectivity index (χ2n) is 8.40. The van der Waals surface area contributed by atoms with Crippen LogP contribution in [0.1, 0.15) is 36.7 Å². The van der Waals surface area contributed by atoms with Crippen LogP contribution in [0.25, 0.3) is 10.9 Å². The highest BCUT2D eigenvalue weighted by atomic mass is 79.9. The van der Waals surface area contributed by atoms with Gasteiger partial charge in [-0.2, -0.15) is 9.78 Å². The van der Waals surface area contributed by atoms with Crippen molar-refractivity contribution in [1.82, 2.24) is 9.66 Å². The number of nitro groups is 1. The summed E-state index contributed by atoms with van der Waals surface area (Å²) >= 11 is 9.92. The lowest BCUT2D eigenvalue weighted by Crippen LogP contribution is -2.22. The van der Waals surface area contributed by atoms with Crippen LogP contribution in [-0.4, -0.2) is 27.9 Å². The van der Waals surface area contributed by atoms with Gasteiger partial charge in [-0.3, -0.25) is 14.9 Å². The molecule has 1 heterocycles. The lowest BCUT2D eigenvalue weighted by Gasteiger charge is -2.13. The van der Waals surface area contributed by atoms with E-state index in [4.69, 9.17) is 21.1 Å². The zero-order chi connectivity index (χ0) is 27.2. The van der Waals surface area contributed by atoms with E-state index in [0.717, 1.165) is 17.3 Å². The Hall–Kier alpha value is -3.76. The number of nitro benzene ring substituents is 1. The second-order valence-corrected chi connectivity index (χ2v) is 9.73. The highest BCUT2D eigenvalue weighted by Crippen LogP contribution is 2.36. The number of halogens is 2. The Bertz CT molecular complexity index is 1590. The van der Waals surface area contributed by atoms with E-state index in [1.165, 1.54) is 30.1 Å². The minimum absolute atomic E-state index is 0.0280. The molecule has 4 aromatic rings. The van der Waals surface area contributed by atoms with E-state index in [2.05, 4.69) is 32.9 Å². The normalized spacial score (nSPS) is 11.3. The van der Waals surface area contributed by atoms with Crippen molar-refractivity contribution in [2.75, 3.05) is 7.11 Å². The molecule has 0 atom stereocenters. The molecule has 0 aliphatic heterocycles. The standard InChI is InChI=1S/C27H24BrClN4O5/c1-3-4-8-25-31-23-10-9-19(28)14-21(23)27(34)32(25)30-15-18-12-22(29)26(24(13-18)37-2)38-16-17-6-5-7-20(11-17)33(35)36/h5-7,9-15H,3-4,8,16H2,1-2H3. The first-order chi connectivity index (χ1) is 18.3. The SMILES string of the molecule is CCCCc1nc2ccc(Br)cc2c(=O)n1N=Cc1cc(Cl)c(OCc2cccc([N+](=O)[O-])c2)c(OC)c1. The largest absolute Gasteiger partial charge is 0.493 e. The molecular formula is C27H24BrClN4O5. The van der Waals surface area contributed by atoms with Crippen LogP contribution in [0.4, 0.5) is 5.69 Å². The summed E-state index contributed by atoms with van der Waals surface area (Å²) in [5.74, 6) is 1.21. The number of aromatic nitrogens is 2. The molecule has 0 N–H and O–H groups in total. The maximum Gasteiger partial charge on any atom is 0.282 e. The van der Waals surface area contributed by atoms with Crippen molar-refractivity contribution in [3.63, 3.8) is 0 Å². The Labute approximate surface area is 232 Å². The van der Waals surface area contributed by atoms with Crippen LogP contribution in [0.3, 0.4) is 0 Å². The predicted molar refractivity (Wildman–Crippen MR) is 151 cm³/mol. The van der Waals surface area contributed by atoms with E-state index in [1.807, 2.05) is 6.07 Å². The van der Waals surface area contributed by atoms with Crippen molar-refractivity contribution < 1.29 is 14.4 Å². The first-order valence-corrected chi connectivity index (χ1v) is 13.0. The van der Waals surface area contributed by atoms with Gasteiger partial charge < -0.3 is 9.47 Å². The molecule has 4 rings (SSSR count). The van der Waals surface area contributed by atoms with Gasteiger partial charge in [-0.25, -0.2) is 4.98 Å². The molecular weight excluding hydrogens is 576 g/mol. The maximum absolute atomic E-state index is 13.3. The minimum Gasteiger partial charge on any atom is -0.493 e. The molecule has 9 nitrogen and oxygen atoms in total. The summed E-state index contributed by atoms with van der Waals surface area (Å²) in [7, 11) is 1.48. The van der Waals surface area contributed by atoms with Crippen molar-refractivity contribution >= 4 is 50.3 Å². The highest BCUT2D eigenvalue weighted by molar-refractivity contribution is 9.10. The lowest BCUT2D eigenvalue weighted by atomic mass is 10.2. The number of non-ortho nitro benzene ring substituents is 1. The van der Waals surface area contributed by atoms with Crippen molar-refractivity contribution in [3.8, 4) is 11.5 Å². The summed E-state index contributed by atoms with van der Waals surface area (Å²) in [6, 6.07) is 14.9. The fourth-order valence-corrected chi connectivity index (χ4v) is 4.44. The zero-order valence-corrected chi connectivity index (χ0v) is 23.0. The monoisotopic (exact) mass is 598 g/mol. The molecule has 0 radical (unpaired) electrons. The van der Waals surface area contributed by atoms with E-state index in [-0.39, 0.29) is 28.6 Å². The smallest absolute Gasteiger partial charge is 0.282 e. The van der Waals surface area contributed by atoms with Gasteiger partial charge in [0.25, 0.3) is 11.2 Å². The average molecular weight is 600 g/mol. The molecule has 196 valence electrons. The van der Waals surface area contributed by atoms with Crippen LogP contribution in [0, 0.1) is 10.1 Å². The van der Waals surface area contributed by atoms with Crippen molar-refractivity contribution in [2.24, 2.45) is 5.10 Å². The summed E-state index contributed by atoms with van der Waals surface area (Å²) in [6.07, 6.45) is 3.92. The number of aryl methyl sites for hydroxylation is 1. The van der Waals surface area contributed by atoms with E-state index < -0.39 is 4.92 Å². The molecule has 0 spiro atoms. The van der Waals surface area contributed by atoms with Crippen molar-refractivity contribution in [3.05, 3.63) is 102 Å². The molecule has 0 aliphatic carbocycles. The minimum atomic E-state index is -0.464. The fourth-order valence-electron chi connectivity index (χ4n) is 3.80. The fraction of sp³-hybridized carbons (Fsp3) is 0.222. The van der Waals surface area contributed by atoms with Gasteiger partial charge in [0.1, 0.15) is 12.4 Å². The molecule has 3 aromatic carbocycles. The van der Waals surface area contributed by atoms with Gasteiger partial charge in [-0.15, -0.1) is 0 Å². The third kappa shape index (κ3) is 6.20. The van der Waals surface area contributed by atoms with Crippen LogP contribution in [0.2, 0.25) is 5.02 Å². The van der Waals surface area contributed by atoms with Gasteiger partial charge in [0.2, 0.25) is 0 Å². The van der Waals surface area contributed by atoms with Gasteiger partial charge in [0.15, 0.2) is 11.5 Å². The Morgan fingerprint density at radius 1 is 1.21 bits per heavy atom. The number of rotatable bonds is 10. The quantitative estimate of drug-likeness (QED) is 0.116. The molecule has 0 aliphatic rings. The number of ether oxygens (including phenoxy) is 2. The molecule has 0 bridgehead atoms. The van der Waals surface area contributed by atoms with E-state index in [0.29, 0.717) is 40.0 Å². The zero-order valence-electron chi connectivity index (χ0n) is 20.7. The van der Waals surface area contributed by atoms with Crippen LogP contribution >= 0.6 is 27.5 Å². The Morgan fingerprint density at radius 3 is 2.76 bits per heavy atom. The van der Waals surface area contributed by atoms with E-state index in [1.54, 1.807) is 36.4 Å². The summed E-state index contributed by atoms with van der Waals surface area (Å²) in [5.41, 5.74) is 1.51. The molecule has 1 aromatic heterocycles. The number of benzene rings is 3. The van der Waals surface area contributed by atoms with Gasteiger partial charge in [-0.05, 0) is 47.9 Å². The maximum atomic E-state index is 13.3. The Morgan fingerprint density at radius 2 is 2.03 bits per heavy atom. The molecule has 38 heavy (non-hydrogen) atoms. The molecule has 11 heteroatoms. The molecule has 0 saturated heterocycles. The van der Waals surface area contributed by atoms with Gasteiger partial charge in [0, 0.05) is 23.0 Å². The van der Waals surface area contributed by atoms with Crippen LogP contribution in [0.15, 0.2) is 69.0 Å².